The minimum Gasteiger partial charge on any atom is -0.345 e. The van der Waals surface area contributed by atoms with Crippen LogP contribution >= 0.6 is 11.6 Å². The van der Waals surface area contributed by atoms with Crippen LogP contribution in [0.1, 0.15) is 42.7 Å². The molecule has 140 valence electrons. The van der Waals surface area contributed by atoms with E-state index in [4.69, 9.17) is 11.6 Å². The Kier molecular flexibility index (Phi) is 6.81. The van der Waals surface area contributed by atoms with Gasteiger partial charge in [-0.3, -0.25) is 4.79 Å². The molecule has 0 fully saturated rings. The van der Waals surface area contributed by atoms with Crippen molar-refractivity contribution in [2.75, 3.05) is 13.1 Å². The number of nitrogens with zero attached hydrogens (tertiary/aromatic N) is 1. The third kappa shape index (κ3) is 4.44. The topological polar surface area (TPSA) is 66.5 Å². The molecule has 1 unspecified atom stereocenters. The van der Waals surface area contributed by atoms with Crippen molar-refractivity contribution in [3.8, 4) is 0 Å². The normalized spacial score (nSPS) is 12.8. The first-order valence-corrected chi connectivity index (χ1v) is 10.3. The van der Waals surface area contributed by atoms with Gasteiger partial charge in [0, 0.05) is 23.7 Å². The fourth-order valence-corrected chi connectivity index (χ4v) is 4.50. The summed E-state index contributed by atoms with van der Waals surface area (Å²) in [6, 6.07) is 13.0. The molecule has 7 heteroatoms. The number of rotatable bonds is 7. The molecule has 0 saturated heterocycles. The first-order chi connectivity index (χ1) is 12.3. The number of sulfonamides is 1. The highest BCUT2D eigenvalue weighted by Gasteiger charge is 2.23. The van der Waals surface area contributed by atoms with E-state index in [2.05, 4.69) is 5.32 Å². The first kappa shape index (κ1) is 20.4. The maximum absolute atomic E-state index is 12.6. The molecule has 2 rings (SSSR count). The van der Waals surface area contributed by atoms with Crippen molar-refractivity contribution in [3.05, 3.63) is 64.7 Å². The Hall–Kier alpha value is -1.89. The highest BCUT2D eigenvalue weighted by atomic mass is 35.5. The van der Waals surface area contributed by atoms with E-state index in [0.29, 0.717) is 18.1 Å². The van der Waals surface area contributed by atoms with E-state index in [1.807, 2.05) is 25.1 Å². The molecule has 0 saturated carbocycles. The van der Waals surface area contributed by atoms with Crippen molar-refractivity contribution >= 4 is 27.5 Å². The van der Waals surface area contributed by atoms with Crippen molar-refractivity contribution in [1.29, 1.82) is 0 Å². The molecule has 0 radical (unpaired) electrons. The lowest BCUT2D eigenvalue weighted by molar-refractivity contribution is 0.0939. The number of hydrogen-bond acceptors (Lipinski definition) is 3. The van der Waals surface area contributed by atoms with Crippen molar-refractivity contribution in [3.63, 3.8) is 0 Å². The second kappa shape index (κ2) is 8.66. The predicted molar refractivity (Wildman–Crippen MR) is 104 cm³/mol. The summed E-state index contributed by atoms with van der Waals surface area (Å²) in [5.74, 6) is -0.353. The number of amides is 1. The second-order valence-corrected chi connectivity index (χ2v) is 8.18. The fourth-order valence-electron chi connectivity index (χ4n) is 2.69. The van der Waals surface area contributed by atoms with Crippen LogP contribution in [0.2, 0.25) is 5.02 Å². The number of carbonyl (C=O) groups is 1. The van der Waals surface area contributed by atoms with Gasteiger partial charge >= 0.3 is 0 Å². The molecule has 0 heterocycles. The molecular weight excluding hydrogens is 372 g/mol. The molecule has 2 aromatic carbocycles. The van der Waals surface area contributed by atoms with Crippen molar-refractivity contribution in [1.82, 2.24) is 9.62 Å². The summed E-state index contributed by atoms with van der Waals surface area (Å²) in [7, 11) is -3.61. The Balaban J connectivity index is 2.25. The van der Waals surface area contributed by atoms with Crippen LogP contribution in [0.25, 0.3) is 0 Å². The minimum atomic E-state index is -3.61. The van der Waals surface area contributed by atoms with Crippen LogP contribution in [-0.4, -0.2) is 31.7 Å². The van der Waals surface area contributed by atoms with Gasteiger partial charge in [0.25, 0.3) is 5.91 Å². The van der Waals surface area contributed by atoms with Gasteiger partial charge in [-0.25, -0.2) is 8.42 Å². The zero-order valence-corrected chi connectivity index (χ0v) is 16.6. The quantitative estimate of drug-likeness (QED) is 0.775. The van der Waals surface area contributed by atoms with Crippen LogP contribution in [-0.2, 0) is 10.0 Å². The maximum Gasteiger partial charge on any atom is 0.251 e. The fraction of sp³-hybridized carbons (Fsp3) is 0.316. The largest absolute Gasteiger partial charge is 0.345 e. The minimum absolute atomic E-state index is 0.110. The van der Waals surface area contributed by atoms with Crippen LogP contribution < -0.4 is 5.32 Å². The van der Waals surface area contributed by atoms with Crippen molar-refractivity contribution < 1.29 is 13.2 Å². The second-order valence-electron chi connectivity index (χ2n) is 5.83. The monoisotopic (exact) mass is 394 g/mol. The molecule has 0 spiro atoms. The third-order valence-corrected chi connectivity index (χ3v) is 6.55. The number of halogens is 1. The summed E-state index contributed by atoms with van der Waals surface area (Å²) in [6.07, 6.45) is 0. The zero-order valence-electron chi connectivity index (χ0n) is 15.1. The summed E-state index contributed by atoms with van der Waals surface area (Å²) in [5, 5.41) is 3.43. The van der Waals surface area contributed by atoms with Crippen LogP contribution in [0.4, 0.5) is 0 Å². The van der Waals surface area contributed by atoms with Crippen LogP contribution in [0.15, 0.2) is 53.4 Å². The lowest BCUT2D eigenvalue weighted by Crippen LogP contribution is -2.31. The van der Waals surface area contributed by atoms with E-state index in [0.717, 1.165) is 5.56 Å². The lowest BCUT2D eigenvalue weighted by Gasteiger charge is -2.19. The molecule has 0 aliphatic heterocycles. The summed E-state index contributed by atoms with van der Waals surface area (Å²) in [4.78, 5) is 12.7. The van der Waals surface area contributed by atoms with Crippen molar-refractivity contribution in [2.45, 2.75) is 31.7 Å². The van der Waals surface area contributed by atoms with Gasteiger partial charge in [0.1, 0.15) is 0 Å². The van der Waals surface area contributed by atoms with Gasteiger partial charge in [0.2, 0.25) is 10.0 Å². The Labute approximate surface area is 160 Å². The summed E-state index contributed by atoms with van der Waals surface area (Å²) >= 11 is 6.16. The average molecular weight is 395 g/mol. The molecule has 2 aromatic rings. The van der Waals surface area contributed by atoms with E-state index < -0.39 is 10.0 Å². The highest BCUT2D eigenvalue weighted by Crippen LogP contribution is 2.23. The van der Waals surface area contributed by atoms with E-state index >= 15 is 0 Å². The Morgan fingerprint density at radius 2 is 1.77 bits per heavy atom. The maximum atomic E-state index is 12.6. The molecule has 0 bridgehead atoms. The summed E-state index contributed by atoms with van der Waals surface area (Å²) in [5.41, 5.74) is 1.09. The first-order valence-electron chi connectivity index (χ1n) is 8.46. The van der Waals surface area contributed by atoms with Gasteiger partial charge in [-0.05, 0) is 36.8 Å². The van der Waals surface area contributed by atoms with E-state index in [1.165, 1.54) is 16.4 Å². The Morgan fingerprint density at radius 1 is 1.12 bits per heavy atom. The molecular formula is C19H23ClN2O3S. The van der Waals surface area contributed by atoms with Crippen LogP contribution in [0, 0.1) is 0 Å². The highest BCUT2D eigenvalue weighted by molar-refractivity contribution is 7.89. The van der Waals surface area contributed by atoms with E-state index in [-0.39, 0.29) is 22.4 Å². The Bertz CT molecular complexity index is 880. The third-order valence-electron chi connectivity index (χ3n) is 4.16. The molecule has 0 aromatic heterocycles. The van der Waals surface area contributed by atoms with Crippen LogP contribution in [0.3, 0.4) is 0 Å². The summed E-state index contributed by atoms with van der Waals surface area (Å²) < 4.78 is 26.6. The van der Waals surface area contributed by atoms with Gasteiger partial charge in [-0.15, -0.1) is 0 Å². The Morgan fingerprint density at radius 3 is 2.38 bits per heavy atom. The smallest absolute Gasteiger partial charge is 0.251 e. The molecule has 1 atom stereocenters. The van der Waals surface area contributed by atoms with Gasteiger partial charge < -0.3 is 5.32 Å². The van der Waals surface area contributed by atoms with Crippen molar-refractivity contribution in [2.24, 2.45) is 0 Å². The number of carbonyl (C=O) groups excluding carboxylic acids is 1. The molecule has 0 aliphatic carbocycles. The molecule has 1 amide bonds. The average Bonchev–Trinajstić information content (AvgIpc) is 2.63. The summed E-state index contributed by atoms with van der Waals surface area (Å²) in [6.45, 7) is 6.14. The predicted octanol–water partition coefficient (Wildman–Crippen LogP) is 3.86. The van der Waals surface area contributed by atoms with Crippen LogP contribution in [0.5, 0.6) is 0 Å². The number of hydrogen-bond donors (Lipinski definition) is 1. The van der Waals surface area contributed by atoms with Gasteiger partial charge in [0.05, 0.1) is 10.9 Å². The van der Waals surface area contributed by atoms with Gasteiger partial charge in [-0.1, -0.05) is 49.7 Å². The molecule has 26 heavy (non-hydrogen) atoms. The standard InChI is InChI=1S/C19H23ClN2O3S/c1-4-22(5-2)26(24,25)16-10-8-9-15(13-16)19(23)21-14(3)17-11-6-7-12-18(17)20/h6-14H,4-5H2,1-3H3,(H,21,23). The number of benzene rings is 2. The molecule has 1 N–H and O–H groups in total. The lowest BCUT2D eigenvalue weighted by atomic mass is 10.1. The van der Waals surface area contributed by atoms with Gasteiger partial charge in [-0.2, -0.15) is 4.31 Å². The molecule has 0 aliphatic rings. The van der Waals surface area contributed by atoms with Gasteiger partial charge in [0.15, 0.2) is 0 Å². The SMILES string of the molecule is CCN(CC)S(=O)(=O)c1cccc(C(=O)NC(C)c2ccccc2Cl)c1. The zero-order chi connectivity index (χ0) is 19.3. The van der Waals surface area contributed by atoms with E-state index in [9.17, 15) is 13.2 Å². The molecule has 5 nitrogen and oxygen atoms in total. The number of nitrogens with one attached hydrogen (secondary N) is 1. The van der Waals surface area contributed by atoms with E-state index in [1.54, 1.807) is 32.0 Å².